The van der Waals surface area contributed by atoms with Crippen molar-refractivity contribution in [3.63, 3.8) is 0 Å². The van der Waals surface area contributed by atoms with Gasteiger partial charge in [0.15, 0.2) is 0 Å². The Bertz CT molecular complexity index is 401. The lowest BCUT2D eigenvalue weighted by Gasteiger charge is -2.44. The monoisotopic (exact) mass is 278 g/mol. The summed E-state index contributed by atoms with van der Waals surface area (Å²) >= 11 is 0. The molecule has 2 atom stereocenters. The van der Waals surface area contributed by atoms with Crippen molar-refractivity contribution in [2.75, 3.05) is 0 Å². The maximum Gasteiger partial charge on any atom is 0.246 e. The molecule has 2 aliphatic carbocycles. The van der Waals surface area contributed by atoms with E-state index in [-0.39, 0.29) is 29.8 Å². The molecule has 0 aromatic heterocycles. The molecule has 1 aliphatic heterocycles. The Hall–Kier alpha value is -1.06. The fraction of sp³-hybridized carbons (Fsp3) is 0.875. The second-order valence-electron chi connectivity index (χ2n) is 7.07. The molecule has 1 heterocycles. The number of amides is 2. The molecule has 0 bridgehead atoms. The van der Waals surface area contributed by atoms with Gasteiger partial charge in [-0.2, -0.15) is 0 Å². The highest BCUT2D eigenvalue weighted by Gasteiger charge is 2.52. The van der Waals surface area contributed by atoms with Crippen molar-refractivity contribution in [1.29, 1.82) is 0 Å². The maximum absolute atomic E-state index is 12.9. The molecule has 112 valence electrons. The van der Waals surface area contributed by atoms with Gasteiger partial charge in [-0.3, -0.25) is 9.59 Å². The highest BCUT2D eigenvalue weighted by atomic mass is 16.2. The largest absolute Gasteiger partial charge is 0.342 e. The van der Waals surface area contributed by atoms with E-state index >= 15 is 0 Å². The Morgan fingerprint density at radius 3 is 2.10 bits per heavy atom. The minimum absolute atomic E-state index is 0.0529. The van der Waals surface area contributed by atoms with Gasteiger partial charge in [-0.25, -0.2) is 0 Å². The van der Waals surface area contributed by atoms with E-state index in [1.165, 1.54) is 25.7 Å². The van der Waals surface area contributed by atoms with Crippen LogP contribution in [-0.4, -0.2) is 34.8 Å². The Balaban J connectivity index is 1.89. The topological polar surface area (TPSA) is 49.4 Å². The number of piperazine rings is 1. The number of hydrogen-bond donors (Lipinski definition) is 1. The second-order valence-corrected chi connectivity index (χ2v) is 7.07. The van der Waals surface area contributed by atoms with E-state index < -0.39 is 0 Å². The third-order valence-electron chi connectivity index (χ3n) is 5.04. The van der Waals surface area contributed by atoms with E-state index in [4.69, 9.17) is 0 Å². The van der Waals surface area contributed by atoms with Crippen LogP contribution in [0.1, 0.15) is 52.9 Å². The summed E-state index contributed by atoms with van der Waals surface area (Å²) in [5.74, 6) is 1.68. The van der Waals surface area contributed by atoms with Crippen LogP contribution in [0.15, 0.2) is 0 Å². The number of carbonyl (C=O) groups excluding carboxylic acids is 2. The van der Waals surface area contributed by atoms with Crippen LogP contribution in [0.3, 0.4) is 0 Å². The van der Waals surface area contributed by atoms with E-state index in [0.717, 1.165) is 6.42 Å². The number of hydrogen-bond acceptors (Lipinski definition) is 2. The van der Waals surface area contributed by atoms with Gasteiger partial charge in [0.05, 0.1) is 0 Å². The molecule has 2 unspecified atom stereocenters. The fourth-order valence-corrected chi connectivity index (χ4v) is 3.65. The summed E-state index contributed by atoms with van der Waals surface area (Å²) in [4.78, 5) is 27.3. The van der Waals surface area contributed by atoms with Crippen LogP contribution in [-0.2, 0) is 9.59 Å². The lowest BCUT2D eigenvalue weighted by atomic mass is 9.92. The zero-order valence-corrected chi connectivity index (χ0v) is 12.8. The molecule has 0 radical (unpaired) electrons. The lowest BCUT2D eigenvalue weighted by molar-refractivity contribution is -0.154. The third-order valence-corrected chi connectivity index (χ3v) is 5.04. The Morgan fingerprint density at radius 2 is 1.70 bits per heavy atom. The van der Waals surface area contributed by atoms with Crippen LogP contribution < -0.4 is 5.32 Å². The molecular weight excluding hydrogens is 252 g/mol. The van der Waals surface area contributed by atoms with E-state index in [1.54, 1.807) is 0 Å². The molecule has 2 amide bonds. The highest BCUT2D eigenvalue weighted by Crippen LogP contribution is 2.48. The van der Waals surface area contributed by atoms with E-state index in [0.29, 0.717) is 17.9 Å². The smallest absolute Gasteiger partial charge is 0.246 e. The van der Waals surface area contributed by atoms with Crippen molar-refractivity contribution in [3.05, 3.63) is 0 Å². The van der Waals surface area contributed by atoms with Gasteiger partial charge >= 0.3 is 0 Å². The van der Waals surface area contributed by atoms with Gasteiger partial charge in [0.25, 0.3) is 0 Å². The van der Waals surface area contributed by atoms with E-state index in [2.05, 4.69) is 5.32 Å². The summed E-state index contributed by atoms with van der Waals surface area (Å²) in [5, 5.41) is 2.94. The fourth-order valence-electron chi connectivity index (χ4n) is 3.65. The zero-order valence-electron chi connectivity index (χ0n) is 12.8. The van der Waals surface area contributed by atoms with Crippen molar-refractivity contribution in [1.82, 2.24) is 10.2 Å². The molecule has 2 saturated carbocycles. The van der Waals surface area contributed by atoms with Crippen molar-refractivity contribution < 1.29 is 9.59 Å². The van der Waals surface area contributed by atoms with Crippen molar-refractivity contribution >= 4 is 11.8 Å². The van der Waals surface area contributed by atoms with Crippen LogP contribution in [0.4, 0.5) is 0 Å². The maximum atomic E-state index is 12.9. The minimum Gasteiger partial charge on any atom is -0.342 e. The summed E-state index contributed by atoms with van der Waals surface area (Å²) in [6.45, 7) is 6.03. The molecule has 4 nitrogen and oxygen atoms in total. The molecule has 0 aromatic carbocycles. The van der Waals surface area contributed by atoms with E-state index in [1.807, 2.05) is 25.7 Å². The third kappa shape index (κ3) is 2.33. The first-order valence-electron chi connectivity index (χ1n) is 8.17. The summed E-state index contributed by atoms with van der Waals surface area (Å²) in [6.07, 6.45) is 5.65. The second kappa shape index (κ2) is 5.05. The Morgan fingerprint density at radius 1 is 1.15 bits per heavy atom. The SMILES string of the molecule is CCC1C(=O)NC(C(C)C)C(=O)N1C(C1CC1)C1CC1. The quantitative estimate of drug-likeness (QED) is 0.835. The Kier molecular flexibility index (Phi) is 3.51. The molecule has 3 aliphatic rings. The summed E-state index contributed by atoms with van der Waals surface area (Å²) in [5.41, 5.74) is 0. The molecule has 1 saturated heterocycles. The van der Waals surface area contributed by atoms with Crippen LogP contribution in [0.2, 0.25) is 0 Å². The van der Waals surface area contributed by atoms with Gasteiger partial charge in [-0.1, -0.05) is 20.8 Å². The number of nitrogens with zero attached hydrogens (tertiary/aromatic N) is 1. The molecular formula is C16H26N2O2. The predicted octanol–water partition coefficient (Wildman–Crippen LogP) is 1.94. The molecule has 3 fully saturated rings. The van der Waals surface area contributed by atoms with Gasteiger partial charge in [0.1, 0.15) is 12.1 Å². The average molecular weight is 278 g/mol. The lowest BCUT2D eigenvalue weighted by Crippen LogP contribution is -2.67. The molecule has 1 N–H and O–H groups in total. The highest BCUT2D eigenvalue weighted by molar-refractivity contribution is 5.97. The standard InChI is InChI=1S/C16H26N2O2/c1-4-12-15(19)17-13(9(2)3)16(20)18(12)14(10-5-6-10)11-7-8-11/h9-14H,4-8H2,1-3H3,(H,17,19). The molecule has 0 spiro atoms. The van der Waals surface area contributed by atoms with Crippen LogP contribution in [0.5, 0.6) is 0 Å². The molecule has 0 aromatic rings. The van der Waals surface area contributed by atoms with E-state index in [9.17, 15) is 9.59 Å². The van der Waals surface area contributed by atoms with Crippen molar-refractivity contribution in [2.45, 2.75) is 71.0 Å². The first kappa shape index (κ1) is 13.9. The first-order valence-corrected chi connectivity index (χ1v) is 8.17. The number of nitrogens with one attached hydrogen (secondary N) is 1. The number of rotatable bonds is 5. The zero-order chi connectivity index (χ0) is 14.4. The summed E-state index contributed by atoms with van der Waals surface area (Å²) in [6, 6.07) is -0.242. The van der Waals surface area contributed by atoms with Crippen LogP contribution in [0.25, 0.3) is 0 Å². The van der Waals surface area contributed by atoms with Crippen LogP contribution >= 0.6 is 0 Å². The van der Waals surface area contributed by atoms with Crippen molar-refractivity contribution in [2.24, 2.45) is 17.8 Å². The number of carbonyl (C=O) groups is 2. The van der Waals surface area contributed by atoms with Crippen molar-refractivity contribution in [3.8, 4) is 0 Å². The van der Waals surface area contributed by atoms with Gasteiger partial charge in [0, 0.05) is 6.04 Å². The normalized spacial score (nSPS) is 31.1. The minimum atomic E-state index is -0.328. The van der Waals surface area contributed by atoms with Gasteiger partial charge in [-0.05, 0) is 49.9 Å². The predicted molar refractivity (Wildman–Crippen MR) is 76.9 cm³/mol. The molecule has 20 heavy (non-hydrogen) atoms. The van der Waals surface area contributed by atoms with Gasteiger partial charge in [0.2, 0.25) is 11.8 Å². The first-order chi connectivity index (χ1) is 9.54. The molecule has 4 heteroatoms. The van der Waals surface area contributed by atoms with Gasteiger partial charge in [-0.15, -0.1) is 0 Å². The molecule has 3 rings (SSSR count). The Labute approximate surface area is 121 Å². The summed E-state index contributed by atoms with van der Waals surface area (Å²) < 4.78 is 0. The van der Waals surface area contributed by atoms with Crippen LogP contribution in [0, 0.1) is 17.8 Å². The summed E-state index contributed by atoms with van der Waals surface area (Å²) in [7, 11) is 0. The average Bonchev–Trinajstić information content (AvgIpc) is 3.25. The van der Waals surface area contributed by atoms with Gasteiger partial charge < -0.3 is 10.2 Å².